The zero-order chi connectivity index (χ0) is 13.4. The molecule has 1 saturated carbocycles. The highest BCUT2D eigenvalue weighted by molar-refractivity contribution is 5.85. The Morgan fingerprint density at radius 3 is 2.00 bits per heavy atom. The zero-order valence-electron chi connectivity index (χ0n) is 11.7. The van der Waals surface area contributed by atoms with Gasteiger partial charge in [-0.3, -0.25) is 4.79 Å². The van der Waals surface area contributed by atoms with Crippen molar-refractivity contribution in [2.45, 2.75) is 37.9 Å². The largest absolute Gasteiger partial charge is 0.390 e. The molecule has 6 heteroatoms. The number of nitrogens with zero attached hydrogens (tertiary/aromatic N) is 1. The van der Waals surface area contributed by atoms with E-state index in [2.05, 4.69) is 5.32 Å². The maximum absolute atomic E-state index is 12.5. The van der Waals surface area contributed by atoms with Gasteiger partial charge in [-0.25, -0.2) is 0 Å². The van der Waals surface area contributed by atoms with Crippen molar-refractivity contribution in [3.63, 3.8) is 0 Å². The van der Waals surface area contributed by atoms with Crippen LogP contribution in [0.2, 0.25) is 0 Å². The molecule has 0 spiro atoms. The summed E-state index contributed by atoms with van der Waals surface area (Å²) in [6.45, 7) is 3.43. The van der Waals surface area contributed by atoms with Crippen LogP contribution in [0.1, 0.15) is 25.7 Å². The van der Waals surface area contributed by atoms with Crippen LogP contribution in [-0.2, 0) is 4.79 Å². The molecule has 20 heavy (non-hydrogen) atoms. The van der Waals surface area contributed by atoms with Gasteiger partial charge in [0.1, 0.15) is 0 Å². The second kappa shape index (κ2) is 6.60. The minimum atomic E-state index is -0.602. The summed E-state index contributed by atoms with van der Waals surface area (Å²) in [6, 6.07) is 0. The predicted molar refractivity (Wildman–Crippen MR) is 77.6 cm³/mol. The molecule has 4 atom stereocenters. The smallest absolute Gasteiger partial charge is 0.225 e. The van der Waals surface area contributed by atoms with E-state index in [9.17, 15) is 15.0 Å². The lowest BCUT2D eigenvalue weighted by Gasteiger charge is -2.31. The number of likely N-dealkylation sites (tertiary alicyclic amines) is 1. The average molecular weight is 305 g/mol. The van der Waals surface area contributed by atoms with E-state index in [-0.39, 0.29) is 18.3 Å². The molecule has 1 aliphatic carbocycles. The molecule has 2 heterocycles. The highest BCUT2D eigenvalue weighted by atomic mass is 35.5. The molecule has 3 N–H and O–H groups in total. The summed E-state index contributed by atoms with van der Waals surface area (Å²) < 4.78 is 0. The van der Waals surface area contributed by atoms with Gasteiger partial charge in [0.15, 0.2) is 0 Å². The van der Waals surface area contributed by atoms with Crippen LogP contribution in [-0.4, -0.2) is 59.4 Å². The minimum Gasteiger partial charge on any atom is -0.390 e. The Kier molecular flexibility index (Phi) is 5.29. The Labute approximate surface area is 126 Å². The summed E-state index contributed by atoms with van der Waals surface area (Å²) in [5, 5.41) is 22.8. The Morgan fingerprint density at radius 2 is 1.50 bits per heavy atom. The van der Waals surface area contributed by atoms with E-state index >= 15 is 0 Å². The SMILES string of the molecule is Cl.O=C(C1CCNCC1)N1C[C@H]2C[C@H](O)[C@@H](O)C[C@H]2C1. The van der Waals surface area contributed by atoms with Gasteiger partial charge in [-0.2, -0.15) is 0 Å². The molecule has 2 aliphatic heterocycles. The van der Waals surface area contributed by atoms with Crippen molar-refractivity contribution in [1.29, 1.82) is 0 Å². The van der Waals surface area contributed by atoms with Gasteiger partial charge >= 0.3 is 0 Å². The first-order valence-corrected chi connectivity index (χ1v) is 7.51. The number of halogens is 1. The van der Waals surface area contributed by atoms with E-state index in [1.54, 1.807) is 0 Å². The molecule has 2 saturated heterocycles. The monoisotopic (exact) mass is 304 g/mol. The number of rotatable bonds is 1. The summed E-state index contributed by atoms with van der Waals surface area (Å²) >= 11 is 0. The van der Waals surface area contributed by atoms with Crippen molar-refractivity contribution in [2.24, 2.45) is 17.8 Å². The lowest BCUT2D eigenvalue weighted by Crippen LogP contribution is -2.40. The maximum Gasteiger partial charge on any atom is 0.225 e. The molecule has 0 aromatic carbocycles. The van der Waals surface area contributed by atoms with Crippen LogP contribution in [0.4, 0.5) is 0 Å². The molecule has 3 rings (SSSR count). The molecule has 3 aliphatic rings. The van der Waals surface area contributed by atoms with Crippen molar-refractivity contribution in [3.05, 3.63) is 0 Å². The number of piperidine rings is 1. The van der Waals surface area contributed by atoms with Gasteiger partial charge in [0, 0.05) is 19.0 Å². The Hall–Kier alpha value is -0.360. The molecule has 0 aromatic rings. The van der Waals surface area contributed by atoms with E-state index in [4.69, 9.17) is 0 Å². The maximum atomic E-state index is 12.5. The number of carbonyl (C=O) groups is 1. The van der Waals surface area contributed by atoms with Gasteiger partial charge in [-0.05, 0) is 50.6 Å². The minimum absolute atomic E-state index is 0. The van der Waals surface area contributed by atoms with Gasteiger partial charge in [0.25, 0.3) is 0 Å². The van der Waals surface area contributed by atoms with Gasteiger partial charge in [-0.15, -0.1) is 12.4 Å². The van der Waals surface area contributed by atoms with E-state index < -0.39 is 12.2 Å². The van der Waals surface area contributed by atoms with Crippen molar-refractivity contribution < 1.29 is 15.0 Å². The molecule has 0 aromatic heterocycles. The fraction of sp³-hybridized carbons (Fsp3) is 0.929. The summed E-state index contributed by atoms with van der Waals surface area (Å²) in [7, 11) is 0. The second-order valence-corrected chi connectivity index (χ2v) is 6.39. The van der Waals surface area contributed by atoms with Crippen LogP contribution in [0.25, 0.3) is 0 Å². The van der Waals surface area contributed by atoms with Gasteiger partial charge in [-0.1, -0.05) is 0 Å². The molecule has 1 amide bonds. The number of carbonyl (C=O) groups excluding carboxylic acids is 1. The number of hydrogen-bond acceptors (Lipinski definition) is 4. The van der Waals surface area contributed by atoms with Gasteiger partial charge in [0.05, 0.1) is 12.2 Å². The van der Waals surface area contributed by atoms with Crippen molar-refractivity contribution in [1.82, 2.24) is 10.2 Å². The number of fused-ring (bicyclic) bond motifs is 1. The normalized spacial score (nSPS) is 38.2. The Bertz CT molecular complexity index is 331. The third kappa shape index (κ3) is 3.11. The third-order valence-corrected chi connectivity index (χ3v) is 5.11. The second-order valence-electron chi connectivity index (χ2n) is 6.39. The summed E-state index contributed by atoms with van der Waals surface area (Å²) in [4.78, 5) is 14.5. The van der Waals surface area contributed by atoms with Crippen molar-refractivity contribution in [3.8, 4) is 0 Å². The molecule has 0 bridgehead atoms. The van der Waals surface area contributed by atoms with E-state index in [1.807, 2.05) is 4.90 Å². The average Bonchev–Trinajstić information content (AvgIpc) is 2.82. The first kappa shape index (κ1) is 16.0. The number of aliphatic hydroxyl groups excluding tert-OH is 2. The zero-order valence-corrected chi connectivity index (χ0v) is 12.5. The highest BCUT2D eigenvalue weighted by Crippen LogP contribution is 2.37. The molecule has 5 nitrogen and oxygen atoms in total. The topological polar surface area (TPSA) is 72.8 Å². The van der Waals surface area contributed by atoms with E-state index in [1.165, 1.54) is 0 Å². The van der Waals surface area contributed by atoms with Crippen LogP contribution < -0.4 is 5.32 Å². The summed E-state index contributed by atoms with van der Waals surface area (Å²) in [5.41, 5.74) is 0. The first-order chi connectivity index (χ1) is 9.15. The lowest BCUT2D eigenvalue weighted by molar-refractivity contribution is -0.135. The fourth-order valence-corrected chi connectivity index (χ4v) is 3.91. The number of nitrogens with one attached hydrogen (secondary N) is 1. The lowest BCUT2D eigenvalue weighted by atomic mass is 9.79. The van der Waals surface area contributed by atoms with Crippen LogP contribution in [0.5, 0.6) is 0 Å². The van der Waals surface area contributed by atoms with Gasteiger partial charge in [0.2, 0.25) is 5.91 Å². The fourth-order valence-electron chi connectivity index (χ4n) is 3.91. The van der Waals surface area contributed by atoms with E-state index in [0.717, 1.165) is 39.0 Å². The highest BCUT2D eigenvalue weighted by Gasteiger charge is 2.43. The number of amides is 1. The Balaban J connectivity index is 0.00000147. The number of hydrogen-bond donors (Lipinski definition) is 3. The van der Waals surface area contributed by atoms with Crippen LogP contribution in [0.3, 0.4) is 0 Å². The summed E-state index contributed by atoms with van der Waals surface area (Å²) in [6.07, 6.45) is 1.96. The molecule has 0 radical (unpaired) electrons. The van der Waals surface area contributed by atoms with Crippen LogP contribution in [0.15, 0.2) is 0 Å². The molecule has 116 valence electrons. The molecule has 3 fully saturated rings. The van der Waals surface area contributed by atoms with E-state index in [0.29, 0.717) is 30.6 Å². The quantitative estimate of drug-likeness (QED) is 0.637. The van der Waals surface area contributed by atoms with Gasteiger partial charge < -0.3 is 20.4 Å². The molecule has 0 unspecified atom stereocenters. The van der Waals surface area contributed by atoms with Crippen LogP contribution >= 0.6 is 12.4 Å². The number of aliphatic hydroxyl groups is 2. The Morgan fingerprint density at radius 1 is 1.00 bits per heavy atom. The van der Waals surface area contributed by atoms with Crippen molar-refractivity contribution >= 4 is 18.3 Å². The molecular weight excluding hydrogens is 280 g/mol. The standard InChI is InChI=1S/C14H24N2O3.ClH/c17-12-5-10-7-16(8-11(10)6-13(12)18)14(19)9-1-3-15-4-2-9;/h9-13,15,17-18H,1-8H2;1H/t10-,11+,12-,13-;/m0./s1. The predicted octanol–water partition coefficient (Wildman–Crippen LogP) is -0.00200. The van der Waals surface area contributed by atoms with Crippen molar-refractivity contribution in [2.75, 3.05) is 26.2 Å². The van der Waals surface area contributed by atoms with Crippen LogP contribution in [0, 0.1) is 17.8 Å². The summed E-state index contributed by atoms with van der Waals surface area (Å²) in [5.74, 6) is 1.23. The third-order valence-electron chi connectivity index (χ3n) is 5.11. The first-order valence-electron chi connectivity index (χ1n) is 7.51. The molecular formula is C14H25ClN2O3.